The van der Waals surface area contributed by atoms with Gasteiger partial charge in [-0.05, 0) is 96.3 Å². The molecule has 0 aliphatic rings. The molecule has 0 heterocycles. The summed E-state index contributed by atoms with van der Waals surface area (Å²) in [6.45, 7) is 6.12. The highest BCUT2D eigenvalue weighted by Crippen LogP contribution is 2.12. The van der Waals surface area contributed by atoms with Crippen LogP contribution in [0.15, 0.2) is 158 Å². The molecule has 354 valence electrons. The first-order valence-corrected chi connectivity index (χ1v) is 24.6. The number of rotatable bonds is 41. The van der Waals surface area contributed by atoms with Gasteiger partial charge in [-0.25, -0.2) is 0 Å². The third kappa shape index (κ3) is 48.1. The van der Waals surface area contributed by atoms with Crippen LogP contribution in [0.4, 0.5) is 0 Å². The Labute approximate surface area is 390 Å². The first-order chi connectivity index (χ1) is 31.5. The SMILES string of the molecule is CC\C=C/C=C\C=C/C=C\C=C\C=C/C=C\CCCCCC(=O)OCC(COC(=O)CCC/C=C\C/C=C\C/C=C\CC)OC(=O)CCCCCCCC/C=C\C/C=C\C/C=C\CC. The van der Waals surface area contributed by atoms with E-state index in [4.69, 9.17) is 14.2 Å². The van der Waals surface area contributed by atoms with Crippen LogP contribution in [0.2, 0.25) is 0 Å². The Bertz CT molecular complexity index is 1520. The van der Waals surface area contributed by atoms with Crippen LogP contribution in [-0.4, -0.2) is 37.2 Å². The summed E-state index contributed by atoms with van der Waals surface area (Å²) in [4.78, 5) is 37.9. The zero-order valence-electron chi connectivity index (χ0n) is 40.2. The lowest BCUT2D eigenvalue weighted by atomic mass is 10.1. The van der Waals surface area contributed by atoms with Gasteiger partial charge in [0.2, 0.25) is 0 Å². The number of allylic oxidation sites excluding steroid dienone is 26. The second-order valence-corrected chi connectivity index (χ2v) is 15.4. The minimum Gasteiger partial charge on any atom is -0.462 e. The van der Waals surface area contributed by atoms with Crippen molar-refractivity contribution in [3.63, 3.8) is 0 Å². The highest BCUT2D eigenvalue weighted by molar-refractivity contribution is 5.71. The van der Waals surface area contributed by atoms with Gasteiger partial charge in [-0.15, -0.1) is 0 Å². The Balaban J connectivity index is 4.59. The zero-order chi connectivity index (χ0) is 46.5. The average Bonchev–Trinajstić information content (AvgIpc) is 3.29. The molecule has 0 aromatic rings. The molecular weight excluding hydrogens is 793 g/mol. The Hall–Kier alpha value is -4.97. The molecular formula is C58H86O6. The van der Waals surface area contributed by atoms with E-state index in [1.165, 1.54) is 12.8 Å². The van der Waals surface area contributed by atoms with Crippen LogP contribution in [0.1, 0.15) is 168 Å². The fraction of sp³-hybridized carbons (Fsp3) is 0.500. The number of carbonyl (C=O) groups excluding carboxylic acids is 3. The van der Waals surface area contributed by atoms with Crippen molar-refractivity contribution in [1.82, 2.24) is 0 Å². The topological polar surface area (TPSA) is 78.9 Å². The molecule has 0 saturated heterocycles. The predicted molar refractivity (Wildman–Crippen MR) is 274 cm³/mol. The summed E-state index contributed by atoms with van der Waals surface area (Å²) in [5, 5.41) is 0. The monoisotopic (exact) mass is 879 g/mol. The highest BCUT2D eigenvalue weighted by Gasteiger charge is 2.19. The van der Waals surface area contributed by atoms with Gasteiger partial charge in [-0.3, -0.25) is 14.4 Å². The van der Waals surface area contributed by atoms with E-state index in [0.29, 0.717) is 12.8 Å². The molecule has 0 spiro atoms. The Kier molecular flexibility index (Phi) is 46.7. The van der Waals surface area contributed by atoms with E-state index in [0.717, 1.165) is 103 Å². The van der Waals surface area contributed by atoms with Crippen molar-refractivity contribution < 1.29 is 28.6 Å². The quantitative estimate of drug-likeness (QED) is 0.0200. The summed E-state index contributed by atoms with van der Waals surface area (Å²) in [5.74, 6) is -1.06. The molecule has 0 rings (SSSR count). The summed E-state index contributed by atoms with van der Waals surface area (Å²) >= 11 is 0. The Morgan fingerprint density at radius 3 is 1.14 bits per heavy atom. The van der Waals surface area contributed by atoms with E-state index in [1.54, 1.807) is 0 Å². The van der Waals surface area contributed by atoms with Crippen molar-refractivity contribution in [2.45, 2.75) is 175 Å². The van der Waals surface area contributed by atoms with Crippen LogP contribution < -0.4 is 0 Å². The first kappa shape index (κ1) is 59.0. The molecule has 0 aromatic heterocycles. The van der Waals surface area contributed by atoms with E-state index in [-0.39, 0.29) is 50.4 Å². The maximum atomic E-state index is 12.8. The maximum Gasteiger partial charge on any atom is 0.306 e. The number of unbranched alkanes of at least 4 members (excludes halogenated alkanes) is 10. The zero-order valence-corrected chi connectivity index (χ0v) is 40.2. The molecule has 0 aliphatic heterocycles. The fourth-order valence-corrected chi connectivity index (χ4v) is 5.87. The summed E-state index contributed by atoms with van der Waals surface area (Å²) in [5.41, 5.74) is 0. The van der Waals surface area contributed by atoms with Crippen molar-refractivity contribution in [3.05, 3.63) is 158 Å². The minimum absolute atomic E-state index is 0.131. The van der Waals surface area contributed by atoms with E-state index in [9.17, 15) is 14.4 Å². The largest absolute Gasteiger partial charge is 0.462 e. The lowest BCUT2D eigenvalue weighted by molar-refractivity contribution is -0.167. The number of hydrogen-bond donors (Lipinski definition) is 0. The molecule has 1 unspecified atom stereocenters. The molecule has 0 fully saturated rings. The third-order valence-electron chi connectivity index (χ3n) is 9.45. The molecule has 0 bridgehead atoms. The van der Waals surface area contributed by atoms with Gasteiger partial charge in [0, 0.05) is 19.3 Å². The molecule has 0 aromatic carbocycles. The second-order valence-electron chi connectivity index (χ2n) is 15.4. The van der Waals surface area contributed by atoms with Gasteiger partial charge >= 0.3 is 17.9 Å². The van der Waals surface area contributed by atoms with Gasteiger partial charge in [-0.2, -0.15) is 0 Å². The highest BCUT2D eigenvalue weighted by atomic mass is 16.6. The smallest absolute Gasteiger partial charge is 0.306 e. The van der Waals surface area contributed by atoms with E-state index in [1.807, 2.05) is 72.9 Å². The van der Waals surface area contributed by atoms with Crippen LogP contribution in [0.5, 0.6) is 0 Å². The standard InChI is InChI=1S/C58H86O6/c1-4-7-10-13-16-19-22-24-26-28-29-30-32-33-36-39-42-45-48-51-57(60)63-54-55(53-62-56(59)50-47-44-41-38-35-21-18-15-12-9-6-3)64-58(61)52-49-46-43-40-37-34-31-27-25-23-20-17-14-11-8-5-2/h7-13,16-22,24-30,32-33,36,38,41,55H,4-6,14-15,23,31,34-35,37,39-40,42-54H2,1-3H3/b10-7-,11-8-,12-9-,16-13-,20-17-,21-18-,22-19-,26-24-,27-25-,29-28+,32-30-,36-33-,41-38-. The van der Waals surface area contributed by atoms with Crippen LogP contribution in [0, 0.1) is 0 Å². The number of hydrogen-bond acceptors (Lipinski definition) is 6. The van der Waals surface area contributed by atoms with E-state index < -0.39 is 6.10 Å². The first-order valence-electron chi connectivity index (χ1n) is 24.6. The number of esters is 3. The van der Waals surface area contributed by atoms with Gasteiger partial charge in [0.25, 0.3) is 0 Å². The molecule has 64 heavy (non-hydrogen) atoms. The van der Waals surface area contributed by atoms with E-state index >= 15 is 0 Å². The van der Waals surface area contributed by atoms with Crippen LogP contribution in [-0.2, 0) is 28.6 Å². The van der Waals surface area contributed by atoms with Gasteiger partial charge < -0.3 is 14.2 Å². The van der Waals surface area contributed by atoms with Crippen molar-refractivity contribution in [1.29, 1.82) is 0 Å². The molecule has 6 nitrogen and oxygen atoms in total. The molecule has 0 N–H and O–H groups in total. The normalized spacial score (nSPS) is 13.5. The average molecular weight is 879 g/mol. The Morgan fingerprint density at radius 2 is 0.656 bits per heavy atom. The van der Waals surface area contributed by atoms with Gasteiger partial charge in [0.05, 0.1) is 0 Å². The second kappa shape index (κ2) is 50.7. The molecule has 0 radical (unpaired) electrons. The van der Waals surface area contributed by atoms with Crippen molar-refractivity contribution >= 4 is 17.9 Å². The van der Waals surface area contributed by atoms with Crippen molar-refractivity contribution in [2.75, 3.05) is 13.2 Å². The van der Waals surface area contributed by atoms with Crippen LogP contribution in [0.3, 0.4) is 0 Å². The van der Waals surface area contributed by atoms with Crippen LogP contribution >= 0.6 is 0 Å². The molecule has 0 amide bonds. The van der Waals surface area contributed by atoms with Gasteiger partial charge in [0.15, 0.2) is 6.10 Å². The van der Waals surface area contributed by atoms with Crippen molar-refractivity contribution in [3.8, 4) is 0 Å². The van der Waals surface area contributed by atoms with Crippen LogP contribution in [0.25, 0.3) is 0 Å². The number of carbonyl (C=O) groups is 3. The summed E-state index contributed by atoms with van der Waals surface area (Å²) in [6.07, 6.45) is 73.7. The molecule has 6 heteroatoms. The fourth-order valence-electron chi connectivity index (χ4n) is 5.87. The summed E-state index contributed by atoms with van der Waals surface area (Å²) in [7, 11) is 0. The lowest BCUT2D eigenvalue weighted by Gasteiger charge is -2.18. The van der Waals surface area contributed by atoms with Crippen molar-refractivity contribution in [2.24, 2.45) is 0 Å². The van der Waals surface area contributed by atoms with Gasteiger partial charge in [-0.1, -0.05) is 211 Å². The third-order valence-corrected chi connectivity index (χ3v) is 9.45. The number of ether oxygens (including phenoxy) is 3. The summed E-state index contributed by atoms with van der Waals surface area (Å²) in [6, 6.07) is 0. The predicted octanol–water partition coefficient (Wildman–Crippen LogP) is 16.2. The molecule has 1 atom stereocenters. The maximum absolute atomic E-state index is 12.8. The minimum atomic E-state index is -0.831. The van der Waals surface area contributed by atoms with Gasteiger partial charge in [0.1, 0.15) is 13.2 Å². The molecule has 0 aliphatic carbocycles. The lowest BCUT2D eigenvalue weighted by Crippen LogP contribution is -2.30. The molecule has 0 saturated carbocycles. The summed E-state index contributed by atoms with van der Waals surface area (Å²) < 4.78 is 16.7. The Morgan fingerprint density at radius 1 is 0.328 bits per heavy atom. The van der Waals surface area contributed by atoms with E-state index in [2.05, 4.69) is 106 Å².